The van der Waals surface area contributed by atoms with Crippen LogP contribution in [0.3, 0.4) is 0 Å². The maximum atomic E-state index is 3.63. The molecule has 0 unspecified atom stereocenters. The van der Waals surface area contributed by atoms with Gasteiger partial charge in [0.1, 0.15) is 0 Å². The first-order valence-corrected chi connectivity index (χ1v) is 6.81. The van der Waals surface area contributed by atoms with Crippen LogP contribution in [-0.4, -0.2) is 6.04 Å². The highest BCUT2D eigenvalue weighted by molar-refractivity contribution is 7.08. The molecule has 2 heteroatoms. The highest BCUT2D eigenvalue weighted by Crippen LogP contribution is 2.20. The van der Waals surface area contributed by atoms with E-state index in [1.165, 1.54) is 18.5 Å². The molecule has 1 nitrogen and oxygen atoms in total. The first kappa shape index (κ1) is 12.6. The molecule has 0 bridgehead atoms. The summed E-state index contributed by atoms with van der Waals surface area (Å²) < 4.78 is 0. The Balaban J connectivity index is 2.48. The molecular weight excluding hydrogens is 202 g/mol. The third kappa shape index (κ3) is 5.22. The van der Waals surface area contributed by atoms with Gasteiger partial charge in [0.05, 0.1) is 0 Å². The molecule has 1 aromatic rings. The van der Waals surface area contributed by atoms with E-state index in [2.05, 4.69) is 49.8 Å². The van der Waals surface area contributed by atoms with E-state index >= 15 is 0 Å². The summed E-state index contributed by atoms with van der Waals surface area (Å²) in [5.41, 5.74) is 1.28. The molecule has 1 rings (SSSR count). The number of anilines is 1. The van der Waals surface area contributed by atoms with Crippen molar-refractivity contribution >= 4 is 17.0 Å². The summed E-state index contributed by atoms with van der Waals surface area (Å²) in [6.45, 7) is 9.18. The lowest BCUT2D eigenvalue weighted by Crippen LogP contribution is -2.23. The van der Waals surface area contributed by atoms with Crippen LogP contribution in [0.1, 0.15) is 40.5 Å². The molecule has 1 heterocycles. The fraction of sp³-hybridized carbons (Fsp3) is 0.692. The van der Waals surface area contributed by atoms with Crippen molar-refractivity contribution in [2.75, 3.05) is 5.32 Å². The summed E-state index contributed by atoms with van der Waals surface area (Å²) in [6.07, 6.45) is 2.52. The average Bonchev–Trinajstić information content (AvgIpc) is 2.53. The molecular formula is C13H23NS. The largest absolute Gasteiger partial charge is 0.382 e. The van der Waals surface area contributed by atoms with Gasteiger partial charge in [-0.2, -0.15) is 11.3 Å². The number of thiophene rings is 1. The van der Waals surface area contributed by atoms with Crippen molar-refractivity contribution in [1.82, 2.24) is 0 Å². The maximum Gasteiger partial charge on any atom is 0.0450 e. The predicted octanol–water partition coefficient (Wildman–Crippen LogP) is 4.62. The van der Waals surface area contributed by atoms with Crippen LogP contribution in [0.5, 0.6) is 0 Å². The number of hydrogen-bond donors (Lipinski definition) is 1. The van der Waals surface area contributed by atoms with Gasteiger partial charge in [0.2, 0.25) is 0 Å². The predicted molar refractivity (Wildman–Crippen MR) is 70.6 cm³/mol. The Hall–Kier alpha value is -0.500. The molecule has 1 aromatic heterocycles. The Labute approximate surface area is 97.9 Å². The van der Waals surface area contributed by atoms with Crippen molar-refractivity contribution in [3.05, 3.63) is 16.8 Å². The van der Waals surface area contributed by atoms with Crippen molar-refractivity contribution in [2.24, 2.45) is 11.8 Å². The van der Waals surface area contributed by atoms with Crippen molar-refractivity contribution in [2.45, 2.75) is 46.6 Å². The van der Waals surface area contributed by atoms with Gasteiger partial charge in [-0.1, -0.05) is 27.7 Å². The van der Waals surface area contributed by atoms with Crippen LogP contribution < -0.4 is 5.32 Å². The van der Waals surface area contributed by atoms with E-state index in [-0.39, 0.29) is 0 Å². The summed E-state index contributed by atoms with van der Waals surface area (Å²) in [4.78, 5) is 0. The molecule has 0 atom stereocenters. The van der Waals surface area contributed by atoms with E-state index in [1.807, 2.05) is 0 Å². The van der Waals surface area contributed by atoms with E-state index in [4.69, 9.17) is 0 Å². The summed E-state index contributed by atoms with van der Waals surface area (Å²) in [6, 6.07) is 2.79. The third-order valence-corrected chi connectivity index (χ3v) is 3.09. The molecule has 0 aromatic carbocycles. The third-order valence-electron chi connectivity index (χ3n) is 2.40. The molecule has 0 saturated heterocycles. The second kappa shape index (κ2) is 6.16. The lowest BCUT2D eigenvalue weighted by atomic mass is 9.95. The van der Waals surface area contributed by atoms with Gasteiger partial charge in [0, 0.05) is 17.1 Å². The van der Waals surface area contributed by atoms with Crippen molar-refractivity contribution in [3.8, 4) is 0 Å². The van der Waals surface area contributed by atoms with Gasteiger partial charge >= 0.3 is 0 Å². The Morgan fingerprint density at radius 1 is 1.13 bits per heavy atom. The molecule has 0 fully saturated rings. The number of nitrogens with one attached hydrogen (secondary N) is 1. The zero-order valence-corrected chi connectivity index (χ0v) is 11.1. The quantitative estimate of drug-likeness (QED) is 0.745. The zero-order chi connectivity index (χ0) is 11.3. The van der Waals surface area contributed by atoms with E-state index in [1.54, 1.807) is 11.3 Å². The lowest BCUT2D eigenvalue weighted by Gasteiger charge is -2.22. The fourth-order valence-corrected chi connectivity index (χ4v) is 2.53. The molecule has 0 saturated carbocycles. The Kier molecular flexibility index (Phi) is 5.16. The SMILES string of the molecule is CC(C)CC(CC(C)C)Nc1ccsc1. The highest BCUT2D eigenvalue weighted by atomic mass is 32.1. The van der Waals surface area contributed by atoms with E-state index in [9.17, 15) is 0 Å². The van der Waals surface area contributed by atoms with Crippen LogP contribution in [-0.2, 0) is 0 Å². The molecule has 0 aliphatic rings. The minimum atomic E-state index is 0.625. The molecule has 1 N–H and O–H groups in total. The van der Waals surface area contributed by atoms with Crippen LogP contribution in [0, 0.1) is 11.8 Å². The van der Waals surface area contributed by atoms with Gasteiger partial charge in [0.25, 0.3) is 0 Å². The lowest BCUT2D eigenvalue weighted by molar-refractivity contribution is 0.442. The van der Waals surface area contributed by atoms with Gasteiger partial charge in [-0.15, -0.1) is 0 Å². The van der Waals surface area contributed by atoms with E-state index in [0.717, 1.165) is 11.8 Å². The molecule has 0 spiro atoms. The minimum absolute atomic E-state index is 0.625. The highest BCUT2D eigenvalue weighted by Gasteiger charge is 2.12. The Bertz CT molecular complexity index is 242. The first-order chi connectivity index (χ1) is 7.08. The number of hydrogen-bond acceptors (Lipinski definition) is 2. The van der Waals surface area contributed by atoms with Gasteiger partial charge in [-0.05, 0) is 36.1 Å². The van der Waals surface area contributed by atoms with E-state index in [0.29, 0.717) is 6.04 Å². The van der Waals surface area contributed by atoms with Crippen molar-refractivity contribution in [3.63, 3.8) is 0 Å². The second-order valence-electron chi connectivity index (χ2n) is 5.11. The Morgan fingerprint density at radius 2 is 1.73 bits per heavy atom. The monoisotopic (exact) mass is 225 g/mol. The summed E-state index contributed by atoms with van der Waals surface area (Å²) in [5.74, 6) is 1.53. The van der Waals surface area contributed by atoms with Crippen LogP contribution >= 0.6 is 11.3 Å². The maximum absolute atomic E-state index is 3.63. The van der Waals surface area contributed by atoms with Gasteiger partial charge in [-0.25, -0.2) is 0 Å². The van der Waals surface area contributed by atoms with Gasteiger partial charge in [-0.3, -0.25) is 0 Å². The summed E-state index contributed by atoms with van der Waals surface area (Å²) in [5, 5.41) is 7.95. The molecule has 0 aliphatic carbocycles. The van der Waals surface area contributed by atoms with Gasteiger partial charge < -0.3 is 5.32 Å². The summed E-state index contributed by atoms with van der Waals surface area (Å²) >= 11 is 1.76. The topological polar surface area (TPSA) is 12.0 Å². The summed E-state index contributed by atoms with van der Waals surface area (Å²) in [7, 11) is 0. The first-order valence-electron chi connectivity index (χ1n) is 5.86. The van der Waals surface area contributed by atoms with Crippen LogP contribution in [0.15, 0.2) is 16.8 Å². The van der Waals surface area contributed by atoms with Crippen LogP contribution in [0.25, 0.3) is 0 Å². The van der Waals surface area contributed by atoms with Crippen molar-refractivity contribution < 1.29 is 0 Å². The molecule has 86 valence electrons. The molecule has 0 aliphatic heterocycles. The smallest absolute Gasteiger partial charge is 0.0450 e. The van der Waals surface area contributed by atoms with Crippen LogP contribution in [0.2, 0.25) is 0 Å². The second-order valence-corrected chi connectivity index (χ2v) is 5.89. The minimum Gasteiger partial charge on any atom is -0.382 e. The Morgan fingerprint density at radius 3 is 2.13 bits per heavy atom. The fourth-order valence-electron chi connectivity index (χ4n) is 1.93. The zero-order valence-electron chi connectivity index (χ0n) is 10.3. The average molecular weight is 225 g/mol. The molecule has 0 amide bonds. The molecule has 0 radical (unpaired) electrons. The van der Waals surface area contributed by atoms with E-state index < -0.39 is 0 Å². The van der Waals surface area contributed by atoms with Crippen molar-refractivity contribution in [1.29, 1.82) is 0 Å². The standard InChI is InChI=1S/C13H23NS/c1-10(2)7-13(8-11(3)4)14-12-5-6-15-9-12/h5-6,9-11,13-14H,7-8H2,1-4H3. The van der Waals surface area contributed by atoms with Crippen LogP contribution in [0.4, 0.5) is 5.69 Å². The normalized spacial score (nSPS) is 11.7. The number of rotatable bonds is 6. The molecule has 15 heavy (non-hydrogen) atoms. The van der Waals surface area contributed by atoms with Gasteiger partial charge in [0.15, 0.2) is 0 Å².